The molecule has 0 amide bonds. The summed E-state index contributed by atoms with van der Waals surface area (Å²) in [6.45, 7) is 9.40. The lowest BCUT2D eigenvalue weighted by Gasteiger charge is -2.08. The van der Waals surface area contributed by atoms with Crippen LogP contribution in [0, 0.1) is 12.3 Å². The van der Waals surface area contributed by atoms with Crippen molar-refractivity contribution in [2.24, 2.45) is 0 Å². The number of hydrogen-bond acceptors (Lipinski definition) is 4. The molecular weight excluding hydrogens is 180 g/mol. The molecule has 4 heteroatoms. The lowest BCUT2D eigenvalue weighted by molar-refractivity contribution is 0.0893. The van der Waals surface area contributed by atoms with Crippen molar-refractivity contribution in [1.29, 1.82) is 0 Å². The van der Waals surface area contributed by atoms with Gasteiger partial charge in [-0.1, -0.05) is 33.6 Å². The minimum atomic E-state index is -1.45. The fraction of sp³-hybridized carbons (Fsp3) is 0.600. The van der Waals surface area contributed by atoms with Crippen LogP contribution in [0.1, 0.15) is 40.5 Å². The Morgan fingerprint density at radius 2 is 1.93 bits per heavy atom. The van der Waals surface area contributed by atoms with E-state index in [1.54, 1.807) is 0 Å². The zero-order chi connectivity index (χ0) is 11.6. The van der Waals surface area contributed by atoms with Crippen molar-refractivity contribution < 1.29 is 9.52 Å². The van der Waals surface area contributed by atoms with Crippen LogP contribution in [-0.4, -0.2) is 15.3 Å². The highest BCUT2D eigenvalue weighted by Crippen LogP contribution is 2.14. The molecule has 0 bridgehead atoms. The van der Waals surface area contributed by atoms with E-state index in [4.69, 9.17) is 6.42 Å². The first-order valence-electron chi connectivity index (χ1n) is 4.63. The van der Waals surface area contributed by atoms with Gasteiger partial charge < -0.3 is 9.52 Å². The van der Waals surface area contributed by atoms with Crippen LogP contribution in [0.5, 0.6) is 0 Å². The van der Waals surface area contributed by atoms with Crippen molar-refractivity contribution in [3.63, 3.8) is 0 Å². The Hall–Kier alpha value is -1.34. The Labute approximate surface area is 85.4 Å². The highest BCUT2D eigenvalue weighted by Gasteiger charge is 2.25. The van der Waals surface area contributed by atoms with Crippen LogP contribution < -0.4 is 0 Å². The summed E-state index contributed by atoms with van der Waals surface area (Å²) in [5.41, 5.74) is -1.45. The van der Waals surface area contributed by atoms with Crippen molar-refractivity contribution in [3.8, 4) is 12.3 Å². The Balaban J connectivity index is 0. The Morgan fingerprint density at radius 1 is 1.43 bits per heavy atom. The predicted octanol–water partition coefficient (Wildman–Crippen LogP) is 1.96. The minimum Gasteiger partial charge on any atom is -0.424 e. The third kappa shape index (κ3) is 4.63. The smallest absolute Gasteiger partial charge is 0.260 e. The van der Waals surface area contributed by atoms with Crippen LogP contribution in [0.4, 0.5) is 0 Å². The van der Waals surface area contributed by atoms with Gasteiger partial charge in [-0.2, -0.15) is 0 Å². The number of hydrogen-bond donors (Lipinski definition) is 1. The van der Waals surface area contributed by atoms with E-state index in [1.807, 2.05) is 27.7 Å². The molecule has 0 spiro atoms. The first kappa shape index (κ1) is 15.1. The maximum atomic E-state index is 9.25. The van der Waals surface area contributed by atoms with E-state index in [0.717, 1.165) is 6.39 Å². The zero-order valence-electron chi connectivity index (χ0n) is 9.40. The molecule has 0 saturated carbocycles. The highest BCUT2D eigenvalue weighted by atomic mass is 16.4. The topological polar surface area (TPSA) is 59.2 Å². The van der Waals surface area contributed by atoms with Crippen molar-refractivity contribution >= 4 is 0 Å². The zero-order valence-corrected chi connectivity index (χ0v) is 9.40. The monoisotopic (exact) mass is 198 g/mol. The van der Waals surface area contributed by atoms with Gasteiger partial charge >= 0.3 is 0 Å². The maximum Gasteiger partial charge on any atom is 0.260 e. The number of rotatable bonds is 1. The molecule has 0 radical (unpaired) electrons. The van der Waals surface area contributed by atoms with Gasteiger partial charge in [0.15, 0.2) is 0 Å². The van der Waals surface area contributed by atoms with Gasteiger partial charge in [0.1, 0.15) is 0 Å². The summed E-state index contributed by atoms with van der Waals surface area (Å²) in [7, 11) is 0. The van der Waals surface area contributed by atoms with Gasteiger partial charge in [0, 0.05) is 0 Å². The first-order chi connectivity index (χ1) is 6.67. The van der Waals surface area contributed by atoms with Crippen molar-refractivity contribution in [2.45, 2.75) is 40.2 Å². The summed E-state index contributed by atoms with van der Waals surface area (Å²) in [5, 5.41) is 16.1. The second-order valence-corrected chi connectivity index (χ2v) is 1.96. The lowest BCUT2D eigenvalue weighted by Crippen LogP contribution is -2.18. The molecule has 0 aliphatic carbocycles. The van der Waals surface area contributed by atoms with Gasteiger partial charge in [-0.25, -0.2) is 0 Å². The third-order valence-corrected chi connectivity index (χ3v) is 1.06. The van der Waals surface area contributed by atoms with E-state index in [1.165, 1.54) is 6.92 Å². The number of aromatic nitrogens is 2. The van der Waals surface area contributed by atoms with Crippen LogP contribution in [-0.2, 0) is 5.60 Å². The number of nitrogens with zero attached hydrogens (tertiary/aromatic N) is 2. The molecule has 4 nitrogen and oxygen atoms in total. The summed E-state index contributed by atoms with van der Waals surface area (Å²) in [6, 6.07) is 0. The molecule has 0 fully saturated rings. The molecule has 1 unspecified atom stereocenters. The largest absolute Gasteiger partial charge is 0.424 e. The SMILES string of the molecule is C#CC(C)(O)c1nnco1.CC.CC. The number of terminal acetylenes is 1. The van der Waals surface area contributed by atoms with E-state index < -0.39 is 5.60 Å². The molecule has 0 saturated heterocycles. The quantitative estimate of drug-likeness (QED) is 0.701. The summed E-state index contributed by atoms with van der Waals surface area (Å²) in [5.74, 6) is 2.14. The Kier molecular flexibility index (Phi) is 8.94. The third-order valence-electron chi connectivity index (χ3n) is 1.06. The Morgan fingerprint density at radius 3 is 2.21 bits per heavy atom. The molecular formula is C10H18N2O2. The summed E-state index contributed by atoms with van der Waals surface area (Å²) < 4.78 is 4.67. The molecule has 1 atom stereocenters. The van der Waals surface area contributed by atoms with Crippen LogP contribution in [0.25, 0.3) is 0 Å². The second-order valence-electron chi connectivity index (χ2n) is 1.96. The van der Waals surface area contributed by atoms with E-state index in [-0.39, 0.29) is 5.89 Å². The van der Waals surface area contributed by atoms with Gasteiger partial charge in [-0.05, 0) is 6.92 Å². The molecule has 1 heterocycles. The first-order valence-corrected chi connectivity index (χ1v) is 4.63. The fourth-order valence-electron chi connectivity index (χ4n) is 0.447. The fourth-order valence-corrected chi connectivity index (χ4v) is 0.447. The highest BCUT2D eigenvalue weighted by molar-refractivity contribution is 5.12. The standard InChI is InChI=1S/C6H6N2O2.2C2H6/c1-3-6(2,9)5-8-7-4-10-5;2*1-2/h1,4,9H,2H3;2*1-2H3. The van der Waals surface area contributed by atoms with Gasteiger partial charge in [-0.15, -0.1) is 16.6 Å². The van der Waals surface area contributed by atoms with Crippen molar-refractivity contribution in [1.82, 2.24) is 10.2 Å². The van der Waals surface area contributed by atoms with E-state index in [2.05, 4.69) is 20.5 Å². The molecule has 1 N–H and O–H groups in total. The van der Waals surface area contributed by atoms with Crippen molar-refractivity contribution in [3.05, 3.63) is 12.3 Å². The van der Waals surface area contributed by atoms with E-state index >= 15 is 0 Å². The normalized spacial score (nSPS) is 12.1. The molecule has 1 aromatic rings. The summed E-state index contributed by atoms with van der Waals surface area (Å²) in [4.78, 5) is 0. The average molecular weight is 198 g/mol. The second kappa shape index (κ2) is 8.27. The minimum absolute atomic E-state index is 0.0370. The van der Waals surface area contributed by atoms with E-state index in [9.17, 15) is 5.11 Å². The average Bonchev–Trinajstić information content (AvgIpc) is 2.77. The molecule has 0 aliphatic rings. The predicted molar refractivity (Wildman–Crippen MR) is 55.4 cm³/mol. The van der Waals surface area contributed by atoms with Crippen LogP contribution in [0.2, 0.25) is 0 Å². The van der Waals surface area contributed by atoms with Gasteiger partial charge in [0.25, 0.3) is 5.89 Å². The van der Waals surface area contributed by atoms with Gasteiger partial charge in [0.2, 0.25) is 12.0 Å². The maximum absolute atomic E-state index is 9.25. The summed E-state index contributed by atoms with van der Waals surface area (Å²) in [6.07, 6.45) is 6.08. The molecule has 0 aromatic carbocycles. The molecule has 14 heavy (non-hydrogen) atoms. The summed E-state index contributed by atoms with van der Waals surface area (Å²) >= 11 is 0. The number of aliphatic hydroxyl groups is 1. The van der Waals surface area contributed by atoms with Gasteiger partial charge in [0.05, 0.1) is 0 Å². The Bertz CT molecular complexity index is 248. The molecule has 0 aliphatic heterocycles. The van der Waals surface area contributed by atoms with Crippen LogP contribution in [0.3, 0.4) is 0 Å². The van der Waals surface area contributed by atoms with E-state index in [0.29, 0.717) is 0 Å². The molecule has 1 rings (SSSR count). The van der Waals surface area contributed by atoms with Crippen LogP contribution >= 0.6 is 0 Å². The molecule has 1 aromatic heterocycles. The van der Waals surface area contributed by atoms with Crippen molar-refractivity contribution in [2.75, 3.05) is 0 Å². The van der Waals surface area contributed by atoms with Gasteiger partial charge in [-0.3, -0.25) is 0 Å². The lowest BCUT2D eigenvalue weighted by atomic mass is 10.1. The molecule has 80 valence electrons. The van der Waals surface area contributed by atoms with Crippen LogP contribution in [0.15, 0.2) is 10.8 Å².